The lowest BCUT2D eigenvalue weighted by atomic mass is 10.0. The topological polar surface area (TPSA) is 119 Å². The van der Waals surface area contributed by atoms with Crippen LogP contribution in [0.1, 0.15) is 75.2 Å². The first kappa shape index (κ1) is 19.4. The molecule has 128 valence electrons. The predicted octanol–water partition coefficient (Wildman–Crippen LogP) is 4.03. The first-order chi connectivity index (χ1) is 11.0. The van der Waals surface area contributed by atoms with E-state index in [1.807, 2.05) is 0 Å². The average molecular weight is 340 g/mol. The van der Waals surface area contributed by atoms with Gasteiger partial charge in [0.2, 0.25) is 0 Å². The first-order valence-electron chi connectivity index (χ1n) is 8.13. The van der Waals surface area contributed by atoms with E-state index >= 15 is 0 Å². The van der Waals surface area contributed by atoms with Gasteiger partial charge >= 0.3 is 0 Å². The number of anilines is 2. The first-order valence-corrected chi connectivity index (χ1v) is 8.51. The Bertz CT molecular complexity index is 548. The van der Waals surface area contributed by atoms with Gasteiger partial charge in [-0.1, -0.05) is 57.0 Å². The molecule has 0 spiro atoms. The molecule has 7 heteroatoms. The van der Waals surface area contributed by atoms with Gasteiger partial charge in [0, 0.05) is 5.71 Å². The number of nitrogens with zero attached hydrogens (tertiary/aromatic N) is 2. The zero-order valence-electron chi connectivity index (χ0n) is 13.7. The highest BCUT2D eigenvalue weighted by Gasteiger charge is 2.17. The third-order valence-corrected chi connectivity index (χ3v) is 3.90. The van der Waals surface area contributed by atoms with E-state index in [-0.39, 0.29) is 34.7 Å². The van der Waals surface area contributed by atoms with Crippen molar-refractivity contribution in [2.24, 2.45) is 0 Å². The predicted molar refractivity (Wildman–Crippen MR) is 95.2 cm³/mol. The number of nitrogens with two attached hydrogens (primary N) is 2. The van der Waals surface area contributed by atoms with Crippen LogP contribution in [0.15, 0.2) is 0 Å². The Morgan fingerprint density at radius 2 is 1.65 bits per heavy atom. The molecule has 0 unspecified atom stereocenters. The fraction of sp³-hybridized carbons (Fsp3) is 0.625. The minimum absolute atomic E-state index is 0.00105. The second kappa shape index (κ2) is 10.2. The van der Waals surface area contributed by atoms with Crippen LogP contribution in [0.25, 0.3) is 0 Å². The van der Waals surface area contributed by atoms with Crippen molar-refractivity contribution < 1.29 is 4.79 Å². The molecule has 0 fully saturated rings. The lowest BCUT2D eigenvalue weighted by Crippen LogP contribution is -2.14. The van der Waals surface area contributed by atoms with Crippen LogP contribution in [-0.2, 0) is 0 Å². The number of halogens is 1. The Morgan fingerprint density at radius 1 is 1.04 bits per heavy atom. The van der Waals surface area contributed by atoms with Crippen LogP contribution in [0, 0.1) is 5.41 Å². The Morgan fingerprint density at radius 3 is 2.30 bits per heavy atom. The number of aromatic nitrogens is 2. The molecule has 1 heterocycles. The highest BCUT2D eigenvalue weighted by molar-refractivity contribution is 6.31. The van der Waals surface area contributed by atoms with Gasteiger partial charge in [0.15, 0.2) is 28.3 Å². The molecule has 1 rings (SSSR count). The van der Waals surface area contributed by atoms with Crippen molar-refractivity contribution in [3.8, 4) is 0 Å². The number of rotatable bonds is 11. The summed E-state index contributed by atoms with van der Waals surface area (Å²) in [5, 5.41) is 7.87. The number of nitrogen functional groups attached to an aromatic ring is 2. The molecule has 0 aliphatic rings. The number of unbranched alkanes of at least 4 members (excludes halogenated alkanes) is 6. The van der Waals surface area contributed by atoms with Gasteiger partial charge in [-0.05, 0) is 12.8 Å². The Balaban J connectivity index is 2.34. The lowest BCUT2D eigenvalue weighted by molar-refractivity contribution is 0.0996. The monoisotopic (exact) mass is 339 g/mol. The second-order valence-electron chi connectivity index (χ2n) is 5.71. The van der Waals surface area contributed by atoms with Crippen molar-refractivity contribution in [2.45, 2.75) is 64.7 Å². The van der Waals surface area contributed by atoms with Crippen LogP contribution in [0.2, 0.25) is 5.15 Å². The van der Waals surface area contributed by atoms with Crippen LogP contribution in [-0.4, -0.2) is 21.5 Å². The lowest BCUT2D eigenvalue weighted by Gasteiger charge is -2.07. The van der Waals surface area contributed by atoms with Gasteiger partial charge in [-0.25, -0.2) is 9.97 Å². The fourth-order valence-corrected chi connectivity index (χ4v) is 2.43. The van der Waals surface area contributed by atoms with E-state index < -0.39 is 0 Å². The summed E-state index contributed by atoms with van der Waals surface area (Å²) in [6.07, 6.45) is 8.89. The molecule has 1 aromatic heterocycles. The third kappa shape index (κ3) is 6.95. The number of Topliss-reactive ketones (excluding diaryl/α,β-unsaturated/α-hetero) is 1. The highest BCUT2D eigenvalue weighted by Crippen LogP contribution is 2.19. The van der Waals surface area contributed by atoms with Crippen LogP contribution in [0.5, 0.6) is 0 Å². The van der Waals surface area contributed by atoms with Gasteiger partial charge in [-0.2, -0.15) is 0 Å². The minimum atomic E-state index is -0.343. The average Bonchev–Trinajstić information content (AvgIpc) is 2.49. The van der Waals surface area contributed by atoms with Gasteiger partial charge in [0.05, 0.1) is 6.42 Å². The molecule has 0 bridgehead atoms. The summed E-state index contributed by atoms with van der Waals surface area (Å²) in [6.45, 7) is 2.20. The largest absolute Gasteiger partial charge is 0.382 e. The summed E-state index contributed by atoms with van der Waals surface area (Å²) in [7, 11) is 0. The van der Waals surface area contributed by atoms with Crippen molar-refractivity contribution in [3.63, 3.8) is 0 Å². The summed E-state index contributed by atoms with van der Waals surface area (Å²) in [5.41, 5.74) is 11.5. The Kier molecular flexibility index (Phi) is 8.55. The molecule has 0 saturated heterocycles. The molecule has 5 N–H and O–H groups in total. The Labute approximate surface area is 142 Å². The maximum Gasteiger partial charge on any atom is 0.190 e. The van der Waals surface area contributed by atoms with E-state index in [2.05, 4.69) is 16.9 Å². The normalized spacial score (nSPS) is 10.7. The van der Waals surface area contributed by atoms with Crippen LogP contribution < -0.4 is 11.5 Å². The molecule has 0 aliphatic heterocycles. The summed E-state index contributed by atoms with van der Waals surface area (Å²) >= 11 is 5.76. The number of hydrogen-bond donors (Lipinski definition) is 3. The fourth-order valence-electron chi connectivity index (χ4n) is 2.31. The maximum absolute atomic E-state index is 12.1. The molecule has 0 saturated carbocycles. The highest BCUT2D eigenvalue weighted by atomic mass is 35.5. The smallest absolute Gasteiger partial charge is 0.190 e. The summed E-state index contributed by atoms with van der Waals surface area (Å²) in [5.74, 6) is -0.385. The molecule has 1 aromatic rings. The van der Waals surface area contributed by atoms with Crippen molar-refractivity contribution in [1.29, 1.82) is 5.41 Å². The van der Waals surface area contributed by atoms with Gasteiger partial charge in [-0.15, -0.1) is 0 Å². The second-order valence-corrected chi connectivity index (χ2v) is 6.07. The summed E-state index contributed by atoms with van der Waals surface area (Å²) in [6, 6.07) is 0. The number of hydrogen-bond acceptors (Lipinski definition) is 6. The standard InChI is InChI=1S/C16H26ClN5O/c1-2-3-4-5-6-7-8-9-11(18)10-12(23)13-15(19)22-16(20)14(17)21-13/h18H,2-10H2,1H3,(H4,19,20,22). The van der Waals surface area contributed by atoms with Gasteiger partial charge in [0.25, 0.3) is 0 Å². The van der Waals surface area contributed by atoms with Crippen molar-refractivity contribution >= 4 is 34.7 Å². The molecule has 0 amide bonds. The minimum Gasteiger partial charge on any atom is -0.382 e. The molecule has 23 heavy (non-hydrogen) atoms. The van der Waals surface area contributed by atoms with Crippen molar-refractivity contribution in [3.05, 3.63) is 10.8 Å². The van der Waals surface area contributed by atoms with E-state index in [0.717, 1.165) is 12.8 Å². The Hall–Kier alpha value is -1.69. The molecule has 0 aliphatic carbocycles. The zero-order valence-corrected chi connectivity index (χ0v) is 14.5. The summed E-state index contributed by atoms with van der Waals surface area (Å²) < 4.78 is 0. The van der Waals surface area contributed by atoms with Crippen LogP contribution in [0.4, 0.5) is 11.6 Å². The molecule has 0 atom stereocenters. The quantitative estimate of drug-likeness (QED) is 0.319. The van der Waals surface area contributed by atoms with E-state index in [9.17, 15) is 4.79 Å². The molecular formula is C16H26ClN5O. The SMILES string of the molecule is CCCCCCCCCC(=N)CC(=O)c1nc(Cl)c(N)nc1N. The summed E-state index contributed by atoms with van der Waals surface area (Å²) in [4.78, 5) is 19.8. The van der Waals surface area contributed by atoms with Crippen molar-refractivity contribution in [2.75, 3.05) is 11.5 Å². The number of carbonyl (C=O) groups is 1. The number of ketones is 1. The van der Waals surface area contributed by atoms with Gasteiger partial charge < -0.3 is 16.9 Å². The van der Waals surface area contributed by atoms with Gasteiger partial charge in [-0.3, -0.25) is 4.79 Å². The maximum atomic E-state index is 12.1. The van der Waals surface area contributed by atoms with E-state index in [1.54, 1.807) is 0 Å². The molecule has 0 aromatic carbocycles. The van der Waals surface area contributed by atoms with Crippen molar-refractivity contribution in [1.82, 2.24) is 9.97 Å². The molecule has 0 radical (unpaired) electrons. The van der Waals surface area contributed by atoms with E-state index in [4.69, 9.17) is 28.5 Å². The number of carbonyl (C=O) groups excluding carboxylic acids is 1. The van der Waals surface area contributed by atoms with Crippen LogP contribution in [0.3, 0.4) is 0 Å². The van der Waals surface area contributed by atoms with Gasteiger partial charge in [0.1, 0.15) is 0 Å². The molecular weight excluding hydrogens is 314 g/mol. The van der Waals surface area contributed by atoms with E-state index in [0.29, 0.717) is 12.1 Å². The van der Waals surface area contributed by atoms with E-state index in [1.165, 1.54) is 32.1 Å². The third-order valence-electron chi connectivity index (χ3n) is 3.63. The zero-order chi connectivity index (χ0) is 17.2. The van der Waals surface area contributed by atoms with Crippen LogP contribution >= 0.6 is 11.6 Å². The molecule has 6 nitrogen and oxygen atoms in total. The number of nitrogens with one attached hydrogen (secondary N) is 1.